The van der Waals surface area contributed by atoms with Gasteiger partial charge in [-0.1, -0.05) is 6.07 Å². The topological polar surface area (TPSA) is 59.9 Å². The van der Waals surface area contributed by atoms with Gasteiger partial charge in [-0.2, -0.15) is 13.2 Å². The van der Waals surface area contributed by atoms with Gasteiger partial charge in [-0.05, 0) is 30.2 Å². The molecule has 26 heavy (non-hydrogen) atoms. The molecule has 0 aliphatic carbocycles. The number of hydrogen-bond acceptors (Lipinski definition) is 3. The molecule has 1 atom stereocenters. The smallest absolute Gasteiger partial charge is 0.376 e. The standard InChI is InChI=1S/C17H13F4N3O2/c18-13-2-1-9(5-12(13)17(19,20)21)10-6-14-15(22-7-10)23-16(25)24(14)8-11-3-4-26-11/h1-2,5-7,11H,3-4,8H2,(H,22,23,25). The van der Waals surface area contributed by atoms with Crippen LogP contribution >= 0.6 is 0 Å². The summed E-state index contributed by atoms with van der Waals surface area (Å²) in [5, 5.41) is 0. The number of nitrogens with zero attached hydrogens (tertiary/aromatic N) is 2. The summed E-state index contributed by atoms with van der Waals surface area (Å²) >= 11 is 0. The van der Waals surface area contributed by atoms with E-state index in [-0.39, 0.29) is 17.4 Å². The molecule has 136 valence electrons. The zero-order chi connectivity index (χ0) is 18.5. The third kappa shape index (κ3) is 2.88. The summed E-state index contributed by atoms with van der Waals surface area (Å²) in [6.07, 6.45) is -2.69. The van der Waals surface area contributed by atoms with Crippen molar-refractivity contribution in [2.45, 2.75) is 25.2 Å². The van der Waals surface area contributed by atoms with Crippen LogP contribution in [0, 0.1) is 5.82 Å². The normalized spacial score (nSPS) is 17.5. The molecule has 1 aliphatic heterocycles. The Labute approximate surface area is 144 Å². The van der Waals surface area contributed by atoms with Crippen molar-refractivity contribution in [3.63, 3.8) is 0 Å². The van der Waals surface area contributed by atoms with E-state index in [0.717, 1.165) is 18.6 Å². The largest absolute Gasteiger partial charge is 0.419 e. The molecule has 3 heterocycles. The van der Waals surface area contributed by atoms with Crippen LogP contribution in [0.25, 0.3) is 22.3 Å². The number of aromatic nitrogens is 3. The number of H-pyrrole nitrogens is 1. The fraction of sp³-hybridized carbons (Fsp3) is 0.294. The van der Waals surface area contributed by atoms with E-state index < -0.39 is 17.6 Å². The minimum absolute atomic E-state index is 0.0713. The average molecular weight is 367 g/mol. The minimum atomic E-state index is -4.80. The molecule has 0 saturated carbocycles. The number of imidazole rings is 1. The summed E-state index contributed by atoms with van der Waals surface area (Å²) in [6, 6.07) is 4.32. The van der Waals surface area contributed by atoms with Crippen LogP contribution in [0.4, 0.5) is 17.6 Å². The molecule has 2 aromatic heterocycles. The number of halogens is 4. The lowest BCUT2D eigenvalue weighted by Crippen LogP contribution is -2.34. The van der Waals surface area contributed by atoms with Crippen LogP contribution in [0.3, 0.4) is 0 Å². The highest BCUT2D eigenvalue weighted by atomic mass is 19.4. The van der Waals surface area contributed by atoms with E-state index in [1.807, 2.05) is 0 Å². The molecule has 0 radical (unpaired) electrons. The first-order valence-electron chi connectivity index (χ1n) is 7.90. The van der Waals surface area contributed by atoms with E-state index in [0.29, 0.717) is 29.9 Å². The molecule has 9 heteroatoms. The van der Waals surface area contributed by atoms with E-state index in [1.165, 1.54) is 16.8 Å². The summed E-state index contributed by atoms with van der Waals surface area (Å²) in [7, 11) is 0. The Balaban J connectivity index is 1.80. The van der Waals surface area contributed by atoms with Crippen LogP contribution in [-0.4, -0.2) is 27.2 Å². The van der Waals surface area contributed by atoms with Crippen molar-refractivity contribution >= 4 is 11.2 Å². The Morgan fingerprint density at radius 1 is 1.27 bits per heavy atom. The van der Waals surface area contributed by atoms with Crippen molar-refractivity contribution in [3.8, 4) is 11.1 Å². The number of fused-ring (bicyclic) bond motifs is 1. The molecule has 1 unspecified atom stereocenters. The highest BCUT2D eigenvalue weighted by Crippen LogP contribution is 2.34. The summed E-state index contributed by atoms with van der Waals surface area (Å²) in [4.78, 5) is 18.8. The molecule has 5 nitrogen and oxygen atoms in total. The summed E-state index contributed by atoms with van der Waals surface area (Å²) < 4.78 is 59.1. The lowest BCUT2D eigenvalue weighted by molar-refractivity contribution is -0.139. The van der Waals surface area contributed by atoms with Crippen LogP contribution in [0.2, 0.25) is 0 Å². The van der Waals surface area contributed by atoms with E-state index in [1.54, 1.807) is 6.07 Å². The van der Waals surface area contributed by atoms with Crippen molar-refractivity contribution in [2.75, 3.05) is 6.61 Å². The van der Waals surface area contributed by atoms with Gasteiger partial charge in [0.15, 0.2) is 5.65 Å². The molecule has 0 spiro atoms. The first-order chi connectivity index (χ1) is 12.3. The number of benzene rings is 1. The van der Waals surface area contributed by atoms with E-state index in [9.17, 15) is 22.4 Å². The van der Waals surface area contributed by atoms with Gasteiger partial charge in [-0.15, -0.1) is 0 Å². The fourth-order valence-electron chi connectivity index (χ4n) is 2.93. The predicted octanol–water partition coefficient (Wildman–Crippen LogP) is 3.34. The van der Waals surface area contributed by atoms with Gasteiger partial charge in [-0.25, -0.2) is 14.2 Å². The predicted molar refractivity (Wildman–Crippen MR) is 85.1 cm³/mol. The Morgan fingerprint density at radius 2 is 2.04 bits per heavy atom. The van der Waals surface area contributed by atoms with Crippen LogP contribution in [0.5, 0.6) is 0 Å². The highest BCUT2D eigenvalue weighted by molar-refractivity contribution is 5.78. The molecule has 1 saturated heterocycles. The monoisotopic (exact) mass is 367 g/mol. The first kappa shape index (κ1) is 16.8. The van der Waals surface area contributed by atoms with Crippen molar-refractivity contribution in [1.82, 2.24) is 14.5 Å². The quantitative estimate of drug-likeness (QED) is 0.723. The maximum absolute atomic E-state index is 13.5. The second kappa shape index (κ2) is 5.94. The summed E-state index contributed by atoms with van der Waals surface area (Å²) in [6.45, 7) is 0.974. The molecule has 1 fully saturated rings. The number of ether oxygens (including phenoxy) is 1. The summed E-state index contributed by atoms with van der Waals surface area (Å²) in [5.41, 5.74) is -0.407. The number of aromatic amines is 1. The first-order valence-corrected chi connectivity index (χ1v) is 7.90. The van der Waals surface area contributed by atoms with Gasteiger partial charge in [-0.3, -0.25) is 9.55 Å². The van der Waals surface area contributed by atoms with Crippen molar-refractivity contribution < 1.29 is 22.3 Å². The van der Waals surface area contributed by atoms with Crippen LogP contribution < -0.4 is 5.69 Å². The van der Waals surface area contributed by atoms with E-state index >= 15 is 0 Å². The molecule has 4 rings (SSSR count). The average Bonchev–Trinajstić information content (AvgIpc) is 2.85. The van der Waals surface area contributed by atoms with Crippen LogP contribution in [0.1, 0.15) is 12.0 Å². The highest BCUT2D eigenvalue weighted by Gasteiger charge is 2.34. The molecule has 1 aromatic carbocycles. The van der Waals surface area contributed by atoms with Gasteiger partial charge >= 0.3 is 11.9 Å². The molecule has 1 N–H and O–H groups in total. The molecule has 3 aromatic rings. The molecular weight excluding hydrogens is 354 g/mol. The number of alkyl halides is 3. The molecule has 0 bridgehead atoms. The van der Waals surface area contributed by atoms with Crippen molar-refractivity contribution in [1.29, 1.82) is 0 Å². The van der Waals surface area contributed by atoms with Gasteiger partial charge < -0.3 is 4.74 Å². The van der Waals surface area contributed by atoms with Crippen molar-refractivity contribution in [2.24, 2.45) is 0 Å². The summed E-state index contributed by atoms with van der Waals surface area (Å²) in [5.74, 6) is -1.34. The Bertz CT molecular complexity index is 1030. The maximum atomic E-state index is 13.5. The van der Waals surface area contributed by atoms with Crippen molar-refractivity contribution in [3.05, 3.63) is 52.3 Å². The number of nitrogens with one attached hydrogen (secondary N) is 1. The van der Waals surface area contributed by atoms with Gasteiger partial charge in [0.2, 0.25) is 0 Å². The second-order valence-corrected chi connectivity index (χ2v) is 6.11. The Hall–Kier alpha value is -2.68. The zero-order valence-electron chi connectivity index (χ0n) is 13.3. The van der Waals surface area contributed by atoms with Gasteiger partial charge in [0.25, 0.3) is 0 Å². The number of hydrogen-bond donors (Lipinski definition) is 1. The van der Waals surface area contributed by atoms with Crippen LogP contribution in [-0.2, 0) is 17.5 Å². The van der Waals surface area contributed by atoms with Crippen LogP contribution in [0.15, 0.2) is 35.3 Å². The third-order valence-corrected chi connectivity index (χ3v) is 4.41. The van der Waals surface area contributed by atoms with E-state index in [4.69, 9.17) is 4.74 Å². The van der Waals surface area contributed by atoms with Gasteiger partial charge in [0, 0.05) is 18.4 Å². The van der Waals surface area contributed by atoms with Gasteiger partial charge in [0.1, 0.15) is 5.82 Å². The lowest BCUT2D eigenvalue weighted by atomic mass is 10.0. The lowest BCUT2D eigenvalue weighted by Gasteiger charge is -2.26. The van der Waals surface area contributed by atoms with Gasteiger partial charge in [0.05, 0.1) is 23.7 Å². The molecular formula is C17H13F4N3O2. The molecule has 0 amide bonds. The minimum Gasteiger partial charge on any atom is -0.376 e. The zero-order valence-corrected chi connectivity index (χ0v) is 13.3. The van der Waals surface area contributed by atoms with E-state index in [2.05, 4.69) is 9.97 Å². The maximum Gasteiger partial charge on any atom is 0.419 e. The Kier molecular flexibility index (Phi) is 3.83. The SMILES string of the molecule is O=c1[nH]c2ncc(-c3ccc(F)c(C(F)(F)F)c3)cc2n1CC1CCO1. The fourth-order valence-corrected chi connectivity index (χ4v) is 2.93. The third-order valence-electron chi connectivity index (χ3n) is 4.41. The number of pyridine rings is 1. The number of rotatable bonds is 3. The molecule has 1 aliphatic rings. The Morgan fingerprint density at radius 3 is 2.69 bits per heavy atom. The second-order valence-electron chi connectivity index (χ2n) is 6.11.